The average Bonchev–Trinajstić information content (AvgIpc) is 2.53. The predicted molar refractivity (Wildman–Crippen MR) is 92.4 cm³/mol. The van der Waals surface area contributed by atoms with Crippen LogP contribution in [0.5, 0.6) is 5.75 Å². The Morgan fingerprint density at radius 1 is 1.13 bits per heavy atom. The molecule has 122 valence electrons. The highest BCUT2D eigenvalue weighted by Crippen LogP contribution is 2.12. The second-order valence-corrected chi connectivity index (χ2v) is 5.86. The van der Waals surface area contributed by atoms with Gasteiger partial charge in [-0.25, -0.2) is 4.79 Å². The number of nitrogens with one attached hydrogen (secondary N) is 2. The summed E-state index contributed by atoms with van der Waals surface area (Å²) in [6.07, 6.45) is 1.71. The van der Waals surface area contributed by atoms with E-state index in [2.05, 4.69) is 10.6 Å². The van der Waals surface area contributed by atoms with Crippen molar-refractivity contribution in [3.05, 3.63) is 65.2 Å². The predicted octanol–water partition coefficient (Wildman–Crippen LogP) is 3.52. The largest absolute Gasteiger partial charge is 0.508 e. The Bertz CT molecular complexity index is 638. The van der Waals surface area contributed by atoms with Gasteiger partial charge < -0.3 is 15.7 Å². The zero-order valence-electron chi connectivity index (χ0n) is 13.7. The lowest BCUT2D eigenvalue weighted by atomic mass is 10.1. The summed E-state index contributed by atoms with van der Waals surface area (Å²) in [7, 11) is 0. The lowest BCUT2D eigenvalue weighted by Gasteiger charge is -2.15. The fourth-order valence-electron chi connectivity index (χ4n) is 2.38. The molecule has 0 saturated heterocycles. The molecule has 2 aromatic rings. The van der Waals surface area contributed by atoms with Crippen molar-refractivity contribution < 1.29 is 9.90 Å². The van der Waals surface area contributed by atoms with Crippen molar-refractivity contribution in [2.75, 3.05) is 0 Å². The van der Waals surface area contributed by atoms with Crippen LogP contribution in [-0.4, -0.2) is 17.2 Å². The van der Waals surface area contributed by atoms with Gasteiger partial charge in [0.25, 0.3) is 0 Å². The SMILES string of the molecule is Cc1ccccc1CNC(=O)NC(C)CCc1ccc(O)cc1. The van der Waals surface area contributed by atoms with Gasteiger partial charge in [-0.1, -0.05) is 36.4 Å². The van der Waals surface area contributed by atoms with Gasteiger partial charge in [-0.15, -0.1) is 0 Å². The second-order valence-electron chi connectivity index (χ2n) is 5.86. The number of urea groups is 1. The normalized spacial score (nSPS) is 11.7. The lowest BCUT2D eigenvalue weighted by molar-refractivity contribution is 0.237. The van der Waals surface area contributed by atoms with Gasteiger partial charge in [0.1, 0.15) is 5.75 Å². The molecule has 23 heavy (non-hydrogen) atoms. The number of carbonyl (C=O) groups excluding carboxylic acids is 1. The van der Waals surface area contributed by atoms with Crippen LogP contribution in [0.15, 0.2) is 48.5 Å². The third-order valence-corrected chi connectivity index (χ3v) is 3.88. The van der Waals surface area contributed by atoms with Crippen molar-refractivity contribution >= 4 is 6.03 Å². The van der Waals surface area contributed by atoms with E-state index in [4.69, 9.17) is 0 Å². The van der Waals surface area contributed by atoms with Crippen molar-refractivity contribution in [2.24, 2.45) is 0 Å². The van der Waals surface area contributed by atoms with Crippen LogP contribution in [0.25, 0.3) is 0 Å². The third-order valence-electron chi connectivity index (χ3n) is 3.88. The minimum Gasteiger partial charge on any atom is -0.508 e. The first-order valence-electron chi connectivity index (χ1n) is 7.91. The van der Waals surface area contributed by atoms with Crippen LogP contribution in [0.1, 0.15) is 30.0 Å². The summed E-state index contributed by atoms with van der Waals surface area (Å²) >= 11 is 0. The molecule has 0 fully saturated rings. The summed E-state index contributed by atoms with van der Waals surface area (Å²) in [4.78, 5) is 11.9. The first-order valence-corrected chi connectivity index (χ1v) is 7.91. The van der Waals surface area contributed by atoms with Gasteiger partial charge in [0.2, 0.25) is 0 Å². The molecular formula is C19H24N2O2. The van der Waals surface area contributed by atoms with Crippen LogP contribution < -0.4 is 10.6 Å². The van der Waals surface area contributed by atoms with Crippen LogP contribution in [0, 0.1) is 6.92 Å². The Hall–Kier alpha value is -2.49. The molecule has 0 spiro atoms. The number of hydrogen-bond acceptors (Lipinski definition) is 2. The van der Waals surface area contributed by atoms with Crippen LogP contribution >= 0.6 is 0 Å². The van der Waals surface area contributed by atoms with Gasteiger partial charge in [-0.05, 0) is 55.5 Å². The maximum absolute atomic E-state index is 11.9. The van der Waals surface area contributed by atoms with Gasteiger partial charge >= 0.3 is 6.03 Å². The highest BCUT2D eigenvalue weighted by atomic mass is 16.3. The Kier molecular flexibility index (Phi) is 6.03. The molecule has 2 rings (SSSR count). The summed E-state index contributed by atoms with van der Waals surface area (Å²) in [6, 6.07) is 15.1. The average molecular weight is 312 g/mol. The maximum atomic E-state index is 11.9. The number of amides is 2. The van der Waals surface area contributed by atoms with E-state index < -0.39 is 0 Å². The summed E-state index contributed by atoms with van der Waals surface area (Å²) < 4.78 is 0. The van der Waals surface area contributed by atoms with Gasteiger partial charge in [-0.3, -0.25) is 0 Å². The number of phenols is 1. The molecule has 0 bridgehead atoms. The number of benzene rings is 2. The third kappa shape index (κ3) is 5.66. The van der Waals surface area contributed by atoms with Crippen molar-refractivity contribution in [1.82, 2.24) is 10.6 Å². The van der Waals surface area contributed by atoms with E-state index in [1.54, 1.807) is 12.1 Å². The standard InChI is InChI=1S/C19H24N2O2/c1-14-5-3-4-6-17(14)13-20-19(23)21-15(2)7-8-16-9-11-18(22)12-10-16/h3-6,9-12,15,22H,7-8,13H2,1-2H3,(H2,20,21,23). The Labute approximate surface area is 137 Å². The van der Waals surface area contributed by atoms with E-state index in [0.717, 1.165) is 24.0 Å². The first kappa shape index (κ1) is 16.9. The van der Waals surface area contributed by atoms with E-state index in [1.165, 1.54) is 5.56 Å². The Morgan fingerprint density at radius 2 is 1.83 bits per heavy atom. The molecule has 0 heterocycles. The van der Waals surface area contributed by atoms with Crippen LogP contribution in [-0.2, 0) is 13.0 Å². The van der Waals surface area contributed by atoms with Crippen molar-refractivity contribution in [3.8, 4) is 5.75 Å². The lowest BCUT2D eigenvalue weighted by Crippen LogP contribution is -2.40. The molecule has 1 atom stereocenters. The summed E-state index contributed by atoms with van der Waals surface area (Å²) in [6.45, 7) is 4.56. The van der Waals surface area contributed by atoms with Crippen molar-refractivity contribution in [3.63, 3.8) is 0 Å². The van der Waals surface area contributed by atoms with Crippen molar-refractivity contribution in [1.29, 1.82) is 0 Å². The zero-order valence-corrected chi connectivity index (χ0v) is 13.7. The minimum atomic E-state index is -0.147. The number of phenolic OH excluding ortho intramolecular Hbond substituents is 1. The second kappa shape index (κ2) is 8.22. The van der Waals surface area contributed by atoms with Gasteiger partial charge in [-0.2, -0.15) is 0 Å². The molecule has 0 aliphatic heterocycles. The molecule has 0 aromatic heterocycles. The highest BCUT2D eigenvalue weighted by Gasteiger charge is 2.07. The zero-order chi connectivity index (χ0) is 16.7. The molecule has 1 unspecified atom stereocenters. The molecule has 0 aliphatic carbocycles. The molecule has 0 radical (unpaired) electrons. The number of carbonyl (C=O) groups is 1. The van der Waals surface area contributed by atoms with Crippen LogP contribution in [0.4, 0.5) is 4.79 Å². The fraction of sp³-hybridized carbons (Fsp3) is 0.316. The quantitative estimate of drug-likeness (QED) is 0.764. The molecule has 4 nitrogen and oxygen atoms in total. The Morgan fingerprint density at radius 3 is 2.52 bits per heavy atom. The minimum absolute atomic E-state index is 0.0840. The number of hydrogen-bond donors (Lipinski definition) is 3. The van der Waals surface area contributed by atoms with E-state index in [0.29, 0.717) is 6.54 Å². The maximum Gasteiger partial charge on any atom is 0.315 e. The molecule has 2 aromatic carbocycles. The van der Waals surface area contributed by atoms with Crippen LogP contribution in [0.2, 0.25) is 0 Å². The van der Waals surface area contributed by atoms with Crippen molar-refractivity contribution in [2.45, 2.75) is 39.3 Å². The van der Waals surface area contributed by atoms with Crippen LogP contribution in [0.3, 0.4) is 0 Å². The monoisotopic (exact) mass is 312 g/mol. The molecule has 0 aliphatic rings. The highest BCUT2D eigenvalue weighted by molar-refractivity contribution is 5.74. The van der Waals surface area contributed by atoms with E-state index in [9.17, 15) is 9.90 Å². The first-order chi connectivity index (χ1) is 11.0. The van der Waals surface area contributed by atoms with Gasteiger partial charge in [0, 0.05) is 12.6 Å². The molecule has 0 saturated carbocycles. The van der Waals surface area contributed by atoms with Gasteiger partial charge in [0.05, 0.1) is 0 Å². The fourth-order valence-corrected chi connectivity index (χ4v) is 2.38. The smallest absolute Gasteiger partial charge is 0.315 e. The number of rotatable bonds is 6. The molecular weight excluding hydrogens is 288 g/mol. The summed E-state index contributed by atoms with van der Waals surface area (Å²) in [5.74, 6) is 0.274. The topological polar surface area (TPSA) is 61.4 Å². The summed E-state index contributed by atoms with van der Waals surface area (Å²) in [5.41, 5.74) is 3.45. The van der Waals surface area contributed by atoms with Gasteiger partial charge in [0.15, 0.2) is 0 Å². The number of aryl methyl sites for hydroxylation is 2. The van der Waals surface area contributed by atoms with E-state index in [1.807, 2.05) is 50.2 Å². The number of aromatic hydroxyl groups is 1. The van der Waals surface area contributed by atoms with E-state index >= 15 is 0 Å². The van der Waals surface area contributed by atoms with E-state index in [-0.39, 0.29) is 17.8 Å². The molecule has 4 heteroatoms. The Balaban J connectivity index is 1.72. The molecule has 2 amide bonds. The summed E-state index contributed by atoms with van der Waals surface area (Å²) in [5, 5.41) is 15.1. The molecule has 3 N–H and O–H groups in total.